The Hall–Kier alpha value is -0.570. The third-order valence-electron chi connectivity index (χ3n) is 3.75. The van der Waals surface area contributed by atoms with Crippen molar-refractivity contribution in [3.63, 3.8) is 0 Å². The van der Waals surface area contributed by atoms with Crippen molar-refractivity contribution in [3.05, 3.63) is 34.9 Å². The number of nitrogens with zero attached hydrogens (tertiary/aromatic N) is 1. The number of rotatable bonds is 2. The molecule has 1 fully saturated rings. The van der Waals surface area contributed by atoms with Crippen molar-refractivity contribution >= 4 is 11.6 Å². The molecule has 2 N–H and O–H groups in total. The molecule has 1 heterocycles. The number of benzene rings is 1. The predicted molar refractivity (Wildman–Crippen MR) is 68.5 cm³/mol. The number of hydrogen-bond acceptors (Lipinski definition) is 2. The third-order valence-corrected chi connectivity index (χ3v) is 4.12. The minimum atomic E-state index is 0.0686. The Morgan fingerprint density at radius 1 is 1.44 bits per heavy atom. The summed E-state index contributed by atoms with van der Waals surface area (Å²) in [5.41, 5.74) is 7.38. The van der Waals surface area contributed by atoms with Gasteiger partial charge in [-0.3, -0.25) is 4.90 Å². The molecule has 1 aliphatic heterocycles. The molecule has 16 heavy (non-hydrogen) atoms. The highest BCUT2D eigenvalue weighted by molar-refractivity contribution is 6.31. The minimum absolute atomic E-state index is 0.0686. The number of halogens is 1. The van der Waals surface area contributed by atoms with Crippen LogP contribution in [0.2, 0.25) is 5.02 Å². The van der Waals surface area contributed by atoms with Gasteiger partial charge in [0.2, 0.25) is 0 Å². The molecule has 0 amide bonds. The molecular formula is C13H19ClN2. The van der Waals surface area contributed by atoms with Crippen LogP contribution in [0.15, 0.2) is 24.3 Å². The summed E-state index contributed by atoms with van der Waals surface area (Å²) >= 11 is 6.17. The highest BCUT2D eigenvalue weighted by Crippen LogP contribution is 2.30. The Morgan fingerprint density at radius 3 is 2.69 bits per heavy atom. The summed E-state index contributed by atoms with van der Waals surface area (Å²) in [5.74, 6) is 0. The fourth-order valence-corrected chi connectivity index (χ4v) is 2.48. The van der Waals surface area contributed by atoms with Crippen molar-refractivity contribution in [1.29, 1.82) is 0 Å². The molecule has 2 rings (SSSR count). The van der Waals surface area contributed by atoms with Crippen LogP contribution in [0.4, 0.5) is 0 Å². The molecule has 1 saturated heterocycles. The minimum Gasteiger partial charge on any atom is -0.326 e. The largest absolute Gasteiger partial charge is 0.326 e. The first-order valence-corrected chi connectivity index (χ1v) is 6.13. The van der Waals surface area contributed by atoms with E-state index in [1.807, 2.05) is 18.2 Å². The molecule has 0 bridgehead atoms. The lowest BCUT2D eigenvalue weighted by Crippen LogP contribution is -2.48. The fraction of sp³-hybridized carbons (Fsp3) is 0.538. The van der Waals surface area contributed by atoms with E-state index in [0.717, 1.165) is 24.5 Å². The van der Waals surface area contributed by atoms with E-state index in [9.17, 15) is 0 Å². The number of hydrogen-bond donors (Lipinski definition) is 1. The molecule has 1 aliphatic rings. The van der Waals surface area contributed by atoms with E-state index in [4.69, 9.17) is 17.3 Å². The van der Waals surface area contributed by atoms with Gasteiger partial charge in [-0.05, 0) is 31.9 Å². The van der Waals surface area contributed by atoms with Crippen LogP contribution in [0.1, 0.15) is 25.8 Å². The molecule has 0 saturated carbocycles. The summed E-state index contributed by atoms with van der Waals surface area (Å²) in [4.78, 5) is 2.42. The predicted octanol–water partition coefficient (Wildman–Crippen LogP) is 2.65. The SMILES string of the molecule is CC1(C)C(N)CCN1Cc1ccccc1Cl. The molecule has 0 aliphatic carbocycles. The quantitative estimate of drug-likeness (QED) is 0.859. The van der Waals surface area contributed by atoms with Crippen molar-refractivity contribution < 1.29 is 0 Å². The molecule has 1 atom stereocenters. The first-order valence-electron chi connectivity index (χ1n) is 5.76. The van der Waals surface area contributed by atoms with Crippen molar-refractivity contribution in [2.45, 2.75) is 38.4 Å². The summed E-state index contributed by atoms with van der Waals surface area (Å²) in [6.07, 6.45) is 1.07. The van der Waals surface area contributed by atoms with Crippen LogP contribution in [0.3, 0.4) is 0 Å². The van der Waals surface area contributed by atoms with Gasteiger partial charge >= 0.3 is 0 Å². The van der Waals surface area contributed by atoms with Gasteiger partial charge in [0.1, 0.15) is 0 Å². The third kappa shape index (κ3) is 2.10. The van der Waals surface area contributed by atoms with Gasteiger partial charge in [-0.1, -0.05) is 29.8 Å². The van der Waals surface area contributed by atoms with Crippen LogP contribution in [0.25, 0.3) is 0 Å². The topological polar surface area (TPSA) is 29.3 Å². The van der Waals surface area contributed by atoms with Gasteiger partial charge in [0, 0.05) is 29.7 Å². The molecule has 3 heteroatoms. The molecule has 1 aromatic rings. The monoisotopic (exact) mass is 238 g/mol. The summed E-state index contributed by atoms with van der Waals surface area (Å²) in [6, 6.07) is 8.29. The van der Waals surface area contributed by atoms with E-state index in [0.29, 0.717) is 0 Å². The van der Waals surface area contributed by atoms with Crippen LogP contribution >= 0.6 is 11.6 Å². The van der Waals surface area contributed by atoms with Gasteiger partial charge < -0.3 is 5.73 Å². The average molecular weight is 239 g/mol. The standard InChI is InChI=1S/C13H19ClN2/c1-13(2)12(15)7-8-16(13)9-10-5-3-4-6-11(10)14/h3-6,12H,7-9,15H2,1-2H3. The van der Waals surface area contributed by atoms with Crippen molar-refractivity contribution in [1.82, 2.24) is 4.90 Å². The van der Waals surface area contributed by atoms with Gasteiger partial charge in [-0.15, -0.1) is 0 Å². The molecule has 0 aromatic heterocycles. The zero-order valence-electron chi connectivity index (χ0n) is 9.91. The Kier molecular flexibility index (Phi) is 3.24. The van der Waals surface area contributed by atoms with Crippen molar-refractivity contribution in [2.24, 2.45) is 5.73 Å². The maximum Gasteiger partial charge on any atom is 0.0451 e. The molecule has 1 unspecified atom stereocenters. The normalized spacial score (nSPS) is 24.9. The summed E-state index contributed by atoms with van der Waals surface area (Å²) in [7, 11) is 0. The van der Waals surface area contributed by atoms with E-state index >= 15 is 0 Å². The van der Waals surface area contributed by atoms with Gasteiger partial charge in [0.25, 0.3) is 0 Å². The zero-order chi connectivity index (χ0) is 11.8. The average Bonchev–Trinajstić information content (AvgIpc) is 2.48. The maximum absolute atomic E-state index is 6.17. The fourth-order valence-electron chi connectivity index (χ4n) is 2.29. The van der Waals surface area contributed by atoms with Gasteiger partial charge in [-0.2, -0.15) is 0 Å². The van der Waals surface area contributed by atoms with Crippen LogP contribution < -0.4 is 5.73 Å². The maximum atomic E-state index is 6.17. The summed E-state index contributed by atoms with van der Waals surface area (Å²) < 4.78 is 0. The van der Waals surface area contributed by atoms with E-state index in [2.05, 4.69) is 24.8 Å². The second kappa shape index (κ2) is 4.36. The Balaban J connectivity index is 2.14. The Labute approximate surface area is 102 Å². The molecular weight excluding hydrogens is 220 g/mol. The molecule has 1 aromatic carbocycles. The first kappa shape index (κ1) is 11.9. The first-order chi connectivity index (χ1) is 7.51. The van der Waals surface area contributed by atoms with Gasteiger partial charge in [-0.25, -0.2) is 0 Å². The molecule has 0 spiro atoms. The van der Waals surface area contributed by atoms with Crippen LogP contribution in [0.5, 0.6) is 0 Å². The second-order valence-corrected chi connectivity index (χ2v) is 5.47. The number of nitrogens with two attached hydrogens (primary N) is 1. The van der Waals surface area contributed by atoms with E-state index in [1.165, 1.54) is 5.56 Å². The zero-order valence-corrected chi connectivity index (χ0v) is 10.7. The second-order valence-electron chi connectivity index (χ2n) is 5.06. The highest BCUT2D eigenvalue weighted by atomic mass is 35.5. The smallest absolute Gasteiger partial charge is 0.0451 e. The van der Waals surface area contributed by atoms with E-state index < -0.39 is 0 Å². The molecule has 2 nitrogen and oxygen atoms in total. The molecule has 88 valence electrons. The number of likely N-dealkylation sites (tertiary alicyclic amines) is 1. The van der Waals surface area contributed by atoms with Crippen molar-refractivity contribution in [3.8, 4) is 0 Å². The van der Waals surface area contributed by atoms with Crippen LogP contribution in [0, 0.1) is 0 Å². The summed E-state index contributed by atoms with van der Waals surface area (Å²) in [5, 5.41) is 0.846. The summed E-state index contributed by atoms with van der Waals surface area (Å²) in [6.45, 7) is 6.36. The van der Waals surface area contributed by atoms with E-state index in [1.54, 1.807) is 0 Å². The lowest BCUT2D eigenvalue weighted by molar-refractivity contribution is 0.154. The van der Waals surface area contributed by atoms with Crippen LogP contribution in [-0.4, -0.2) is 23.0 Å². The highest BCUT2D eigenvalue weighted by Gasteiger charge is 2.38. The lowest BCUT2D eigenvalue weighted by atomic mass is 9.96. The van der Waals surface area contributed by atoms with Gasteiger partial charge in [0.15, 0.2) is 0 Å². The van der Waals surface area contributed by atoms with Gasteiger partial charge in [0.05, 0.1) is 0 Å². The Morgan fingerprint density at radius 2 is 2.12 bits per heavy atom. The Bertz CT molecular complexity index is 376. The van der Waals surface area contributed by atoms with Crippen molar-refractivity contribution in [2.75, 3.05) is 6.54 Å². The van der Waals surface area contributed by atoms with E-state index in [-0.39, 0.29) is 11.6 Å². The van der Waals surface area contributed by atoms with Crippen LogP contribution in [-0.2, 0) is 6.54 Å². The molecule has 0 radical (unpaired) electrons. The lowest BCUT2D eigenvalue weighted by Gasteiger charge is -2.34.